The van der Waals surface area contributed by atoms with E-state index < -0.39 is 0 Å². The van der Waals surface area contributed by atoms with E-state index in [2.05, 4.69) is 67.6 Å². The Hall–Kier alpha value is -1.19. The third kappa shape index (κ3) is 5.25. The van der Waals surface area contributed by atoms with Gasteiger partial charge in [0.2, 0.25) is 0 Å². The summed E-state index contributed by atoms with van der Waals surface area (Å²) in [6.45, 7) is 9.74. The van der Waals surface area contributed by atoms with Crippen molar-refractivity contribution in [3.63, 3.8) is 0 Å². The van der Waals surface area contributed by atoms with E-state index >= 15 is 0 Å². The van der Waals surface area contributed by atoms with Crippen LogP contribution in [0.5, 0.6) is 0 Å². The van der Waals surface area contributed by atoms with Crippen LogP contribution in [0.2, 0.25) is 0 Å². The molecule has 2 nitrogen and oxygen atoms in total. The molecular weight excluding hydrogens is 276 g/mol. The monoisotopic (exact) mass is 302 g/mol. The van der Waals surface area contributed by atoms with Gasteiger partial charge in [-0.3, -0.25) is 0 Å². The van der Waals surface area contributed by atoms with E-state index in [9.17, 15) is 0 Å². The fourth-order valence-corrected chi connectivity index (χ4v) is 3.19. The number of aryl methyl sites for hydroxylation is 2. The Morgan fingerprint density at radius 1 is 1.14 bits per heavy atom. The maximum Gasteiger partial charge on any atom is 0.0897 e. The normalized spacial score (nSPS) is 12.8. The summed E-state index contributed by atoms with van der Waals surface area (Å²) in [6.07, 6.45) is 2.17. The van der Waals surface area contributed by atoms with Crippen molar-refractivity contribution in [3.05, 3.63) is 51.5 Å². The molecule has 0 aliphatic heterocycles. The molecule has 2 aromatic rings. The van der Waals surface area contributed by atoms with E-state index in [1.807, 2.05) is 0 Å². The summed E-state index contributed by atoms with van der Waals surface area (Å²) in [4.78, 5) is 4.63. The van der Waals surface area contributed by atoms with E-state index in [-0.39, 0.29) is 0 Å². The molecule has 2 rings (SSSR count). The Balaban J connectivity index is 2.06. The second kappa shape index (κ2) is 7.71. The number of thiazole rings is 1. The highest BCUT2D eigenvalue weighted by Gasteiger charge is 2.14. The highest BCUT2D eigenvalue weighted by molar-refractivity contribution is 7.09. The van der Waals surface area contributed by atoms with Gasteiger partial charge in [0.05, 0.1) is 10.7 Å². The fraction of sp³-hybridized carbons (Fsp3) is 0.500. The topological polar surface area (TPSA) is 24.9 Å². The predicted molar refractivity (Wildman–Crippen MR) is 92.1 cm³/mol. The number of hydrogen-bond acceptors (Lipinski definition) is 3. The second-order valence-corrected chi connectivity index (χ2v) is 7.18. The van der Waals surface area contributed by atoms with Crippen molar-refractivity contribution in [1.82, 2.24) is 10.3 Å². The Morgan fingerprint density at radius 3 is 2.52 bits per heavy atom. The minimum absolute atomic E-state index is 0.529. The van der Waals surface area contributed by atoms with Gasteiger partial charge in [-0.25, -0.2) is 4.98 Å². The van der Waals surface area contributed by atoms with Gasteiger partial charge >= 0.3 is 0 Å². The van der Waals surface area contributed by atoms with Crippen LogP contribution in [0, 0.1) is 19.8 Å². The van der Waals surface area contributed by atoms with Crippen LogP contribution in [0.25, 0.3) is 0 Å². The highest BCUT2D eigenvalue weighted by Crippen LogP contribution is 2.18. The number of nitrogens with zero attached hydrogens (tertiary/aromatic N) is 1. The minimum Gasteiger partial charge on any atom is -0.314 e. The van der Waals surface area contributed by atoms with Gasteiger partial charge < -0.3 is 5.32 Å². The van der Waals surface area contributed by atoms with Crippen LogP contribution in [-0.2, 0) is 12.8 Å². The first-order valence-corrected chi connectivity index (χ1v) is 8.61. The van der Waals surface area contributed by atoms with Gasteiger partial charge in [-0.05, 0) is 50.3 Å². The van der Waals surface area contributed by atoms with Crippen LogP contribution in [0.4, 0.5) is 0 Å². The molecule has 1 N–H and O–H groups in total. The van der Waals surface area contributed by atoms with Crippen LogP contribution in [-0.4, -0.2) is 17.6 Å². The average molecular weight is 302 g/mol. The van der Waals surface area contributed by atoms with Gasteiger partial charge in [-0.2, -0.15) is 0 Å². The largest absolute Gasteiger partial charge is 0.314 e. The summed E-state index contributed by atoms with van der Waals surface area (Å²) < 4.78 is 0. The van der Waals surface area contributed by atoms with Crippen molar-refractivity contribution in [2.45, 2.75) is 46.6 Å². The summed E-state index contributed by atoms with van der Waals surface area (Å²) in [6, 6.07) is 9.24. The van der Waals surface area contributed by atoms with Gasteiger partial charge in [0, 0.05) is 11.4 Å². The van der Waals surface area contributed by atoms with Crippen molar-refractivity contribution in [2.24, 2.45) is 5.92 Å². The minimum atomic E-state index is 0.529. The Kier molecular flexibility index (Phi) is 5.95. The van der Waals surface area contributed by atoms with Gasteiger partial charge in [-0.1, -0.05) is 38.1 Å². The molecule has 0 aliphatic carbocycles. The maximum absolute atomic E-state index is 4.63. The first-order valence-electron chi connectivity index (χ1n) is 7.73. The number of aromatic nitrogens is 1. The van der Waals surface area contributed by atoms with E-state index in [1.54, 1.807) is 11.3 Å². The maximum atomic E-state index is 4.63. The first-order chi connectivity index (χ1) is 10.0. The number of benzene rings is 1. The summed E-state index contributed by atoms with van der Waals surface area (Å²) in [5.74, 6) is 0.593. The molecule has 0 aliphatic rings. The van der Waals surface area contributed by atoms with Crippen molar-refractivity contribution < 1.29 is 0 Å². The Morgan fingerprint density at radius 2 is 1.90 bits per heavy atom. The molecule has 3 heteroatoms. The van der Waals surface area contributed by atoms with Crippen LogP contribution in [0.1, 0.15) is 35.7 Å². The third-order valence-electron chi connectivity index (χ3n) is 3.75. The lowest BCUT2D eigenvalue weighted by Crippen LogP contribution is -2.31. The molecule has 114 valence electrons. The van der Waals surface area contributed by atoms with Gasteiger partial charge in [-0.15, -0.1) is 11.3 Å². The molecule has 0 fully saturated rings. The summed E-state index contributed by atoms with van der Waals surface area (Å²) in [5.41, 5.74) is 4.09. The quantitative estimate of drug-likeness (QED) is 0.830. The van der Waals surface area contributed by atoms with Gasteiger partial charge in [0.15, 0.2) is 0 Å². The third-order valence-corrected chi connectivity index (χ3v) is 4.57. The Bertz CT molecular complexity index is 560. The molecule has 1 heterocycles. The Labute approximate surface area is 132 Å². The zero-order valence-electron chi connectivity index (χ0n) is 13.5. The standard InChI is InChI=1S/C18H26N2S/c1-13(2)19-11-16(10-18-12-21-15(4)20-18)9-17-8-6-5-7-14(17)3/h5-8,12-13,16,19H,9-11H2,1-4H3. The zero-order chi connectivity index (χ0) is 15.2. The van der Waals surface area contributed by atoms with E-state index in [0.29, 0.717) is 12.0 Å². The molecular formula is C18H26N2S. The first kappa shape index (κ1) is 16.2. The van der Waals surface area contributed by atoms with E-state index in [0.717, 1.165) is 24.4 Å². The summed E-state index contributed by atoms with van der Waals surface area (Å²) >= 11 is 1.75. The van der Waals surface area contributed by atoms with Crippen molar-refractivity contribution in [1.29, 1.82) is 0 Å². The number of hydrogen-bond donors (Lipinski definition) is 1. The van der Waals surface area contributed by atoms with E-state index in [4.69, 9.17) is 0 Å². The van der Waals surface area contributed by atoms with Gasteiger partial charge in [0.1, 0.15) is 0 Å². The predicted octanol–water partition coefficient (Wildman–Crippen LogP) is 4.16. The molecule has 1 aromatic heterocycles. The van der Waals surface area contributed by atoms with Gasteiger partial charge in [0.25, 0.3) is 0 Å². The SMILES string of the molecule is Cc1nc(CC(CNC(C)C)Cc2ccccc2C)cs1. The molecule has 0 amide bonds. The summed E-state index contributed by atoms with van der Waals surface area (Å²) in [5, 5.41) is 6.96. The van der Waals surface area contributed by atoms with E-state index in [1.165, 1.54) is 16.8 Å². The molecule has 21 heavy (non-hydrogen) atoms. The van der Waals surface area contributed by atoms with Crippen LogP contribution >= 0.6 is 11.3 Å². The molecule has 1 atom stereocenters. The highest BCUT2D eigenvalue weighted by atomic mass is 32.1. The lowest BCUT2D eigenvalue weighted by molar-refractivity contribution is 0.441. The number of nitrogens with one attached hydrogen (secondary N) is 1. The molecule has 0 bridgehead atoms. The van der Waals surface area contributed by atoms with Crippen molar-refractivity contribution in [3.8, 4) is 0 Å². The molecule has 0 saturated heterocycles. The lowest BCUT2D eigenvalue weighted by Gasteiger charge is -2.19. The fourth-order valence-electron chi connectivity index (χ4n) is 2.57. The lowest BCUT2D eigenvalue weighted by atomic mass is 9.92. The second-order valence-electron chi connectivity index (χ2n) is 6.12. The van der Waals surface area contributed by atoms with Crippen LogP contribution in [0.3, 0.4) is 0 Å². The van der Waals surface area contributed by atoms with Crippen molar-refractivity contribution in [2.75, 3.05) is 6.54 Å². The van der Waals surface area contributed by atoms with Crippen molar-refractivity contribution >= 4 is 11.3 Å². The molecule has 0 spiro atoms. The molecule has 1 aromatic carbocycles. The molecule has 0 radical (unpaired) electrons. The zero-order valence-corrected chi connectivity index (χ0v) is 14.3. The molecule has 0 saturated carbocycles. The van der Waals surface area contributed by atoms with Crippen LogP contribution < -0.4 is 5.32 Å². The number of rotatable bonds is 7. The van der Waals surface area contributed by atoms with Crippen LogP contribution in [0.15, 0.2) is 29.6 Å². The smallest absolute Gasteiger partial charge is 0.0897 e. The summed E-state index contributed by atoms with van der Waals surface area (Å²) in [7, 11) is 0. The average Bonchev–Trinajstić information content (AvgIpc) is 2.84. The molecule has 1 unspecified atom stereocenters.